The standard InChI is InChI=1S/C17H25BN2O/c1-4-7-12-19-13-14-20-15-10-8-9-11-16(15)21-18(5-2,6-3)17(19)20/h8-11,13-14H,4-7,12H2,1-3H3. The third kappa shape index (κ3) is 2.17. The Labute approximate surface area is 127 Å². The molecule has 0 N–H and O–H groups in total. The minimum atomic E-state index is -0.983. The van der Waals surface area contributed by atoms with Gasteiger partial charge in [0.25, 0.3) is 6.35 Å². The maximum absolute atomic E-state index is 6.54. The lowest BCUT2D eigenvalue weighted by molar-refractivity contribution is -0.680. The Balaban J connectivity index is 2.17. The van der Waals surface area contributed by atoms with Gasteiger partial charge in [0, 0.05) is 0 Å². The van der Waals surface area contributed by atoms with Gasteiger partial charge in [-0.3, -0.25) is 4.57 Å². The number of hydrogen-bond donors (Lipinski definition) is 0. The number of aromatic nitrogens is 2. The average Bonchev–Trinajstić information content (AvgIpc) is 2.97. The molecule has 1 aliphatic rings. The molecule has 0 aliphatic carbocycles. The molecule has 0 radical (unpaired) electrons. The fraction of sp³-hybridized carbons (Fsp3) is 0.471. The predicted molar refractivity (Wildman–Crippen MR) is 87.9 cm³/mol. The highest BCUT2D eigenvalue weighted by Gasteiger charge is 2.42. The molecule has 112 valence electrons. The zero-order valence-electron chi connectivity index (χ0n) is 13.4. The first-order chi connectivity index (χ1) is 10.3. The molecule has 0 amide bonds. The van der Waals surface area contributed by atoms with Crippen LogP contribution in [-0.4, -0.2) is 10.9 Å². The first kappa shape index (κ1) is 14.2. The summed E-state index contributed by atoms with van der Waals surface area (Å²) >= 11 is 0. The largest absolute Gasteiger partial charge is 0.701 e. The van der Waals surface area contributed by atoms with Crippen molar-refractivity contribution in [2.75, 3.05) is 0 Å². The van der Waals surface area contributed by atoms with Crippen LogP contribution in [0.15, 0.2) is 36.7 Å². The van der Waals surface area contributed by atoms with Crippen LogP contribution in [0.2, 0.25) is 12.6 Å². The molecule has 1 aromatic carbocycles. The van der Waals surface area contributed by atoms with Crippen LogP contribution in [0.1, 0.15) is 33.6 Å². The number of fused-ring (bicyclic) bond motifs is 3. The van der Waals surface area contributed by atoms with Gasteiger partial charge in [-0.05, 0) is 18.6 Å². The highest BCUT2D eigenvalue weighted by molar-refractivity contribution is 6.85. The van der Waals surface area contributed by atoms with Gasteiger partial charge < -0.3 is 4.65 Å². The molecule has 2 heterocycles. The third-order valence-corrected chi connectivity index (χ3v) is 4.96. The van der Waals surface area contributed by atoms with Crippen LogP contribution in [0, 0.1) is 0 Å². The molecule has 0 fully saturated rings. The van der Waals surface area contributed by atoms with Crippen molar-refractivity contribution < 1.29 is 9.22 Å². The van der Waals surface area contributed by atoms with Crippen molar-refractivity contribution in [1.82, 2.24) is 4.57 Å². The van der Waals surface area contributed by atoms with Gasteiger partial charge in [-0.2, -0.15) is 0 Å². The molecule has 2 aromatic rings. The van der Waals surface area contributed by atoms with E-state index in [0.717, 1.165) is 24.9 Å². The molecule has 0 saturated heterocycles. The molecule has 1 aromatic heterocycles. The highest BCUT2D eigenvalue weighted by atomic mass is 16.4. The van der Waals surface area contributed by atoms with Crippen molar-refractivity contribution in [3.8, 4) is 11.4 Å². The van der Waals surface area contributed by atoms with Crippen molar-refractivity contribution >= 4 is 12.1 Å². The summed E-state index contributed by atoms with van der Waals surface area (Å²) in [6.45, 7) is 7.82. The Kier molecular flexibility index (Phi) is 3.79. The van der Waals surface area contributed by atoms with E-state index in [0.29, 0.717) is 0 Å². The second kappa shape index (κ2) is 5.59. The summed E-state index contributed by atoms with van der Waals surface area (Å²) in [5, 5.41) is 0. The van der Waals surface area contributed by atoms with E-state index in [9.17, 15) is 0 Å². The monoisotopic (exact) mass is 284 g/mol. The fourth-order valence-corrected chi connectivity index (χ4v) is 3.59. The van der Waals surface area contributed by atoms with Gasteiger partial charge in [-0.25, -0.2) is 4.57 Å². The summed E-state index contributed by atoms with van der Waals surface area (Å²) in [4.78, 5) is 0. The van der Waals surface area contributed by atoms with E-state index in [4.69, 9.17) is 4.65 Å². The lowest BCUT2D eigenvalue weighted by atomic mass is 9.35. The van der Waals surface area contributed by atoms with Gasteiger partial charge in [-0.1, -0.05) is 39.3 Å². The van der Waals surface area contributed by atoms with Crippen LogP contribution >= 0.6 is 0 Å². The summed E-state index contributed by atoms with van der Waals surface area (Å²) < 4.78 is 11.3. The van der Waals surface area contributed by atoms with E-state index in [1.807, 2.05) is 0 Å². The van der Waals surface area contributed by atoms with Crippen molar-refractivity contribution in [2.45, 2.75) is 52.8 Å². The Hall–Kier alpha value is -1.71. The molecular weight excluding hydrogens is 259 g/mol. The summed E-state index contributed by atoms with van der Waals surface area (Å²) in [5.74, 6) is 1.02. The Morgan fingerprint density at radius 1 is 1.14 bits per heavy atom. The van der Waals surface area contributed by atoms with Gasteiger partial charge in [0.2, 0.25) is 0 Å². The van der Waals surface area contributed by atoms with E-state index in [2.05, 4.69) is 66.6 Å². The Morgan fingerprint density at radius 3 is 2.62 bits per heavy atom. The van der Waals surface area contributed by atoms with Crippen LogP contribution in [0.5, 0.6) is 5.75 Å². The number of hydrogen-bond acceptors (Lipinski definition) is 1. The van der Waals surface area contributed by atoms with E-state index in [1.54, 1.807) is 0 Å². The molecule has 0 unspecified atom stereocenters. The number of aryl methyl sites for hydroxylation is 1. The van der Waals surface area contributed by atoms with E-state index in [1.165, 1.54) is 24.3 Å². The first-order valence-electron chi connectivity index (χ1n) is 8.33. The smallest absolute Gasteiger partial charge is 0.283 e. The van der Waals surface area contributed by atoms with Crippen LogP contribution in [0.25, 0.3) is 5.69 Å². The number of para-hydroxylation sites is 2. The Bertz CT molecular complexity index is 631. The minimum Gasteiger partial charge on any atom is -0.701 e. The zero-order chi connectivity index (χ0) is 14.9. The summed E-state index contributed by atoms with van der Waals surface area (Å²) in [5.41, 5.74) is 2.52. The molecule has 3 nitrogen and oxygen atoms in total. The normalized spacial score (nSPS) is 15.2. The summed E-state index contributed by atoms with van der Waals surface area (Å²) in [6, 6.07) is 8.38. The number of imidazole rings is 1. The lowest BCUT2D eigenvalue weighted by Gasteiger charge is -2.41. The van der Waals surface area contributed by atoms with Crippen molar-refractivity contribution in [3.63, 3.8) is 0 Å². The molecule has 4 heteroatoms. The highest BCUT2D eigenvalue weighted by Crippen LogP contribution is 2.31. The summed E-state index contributed by atoms with van der Waals surface area (Å²) in [6.07, 6.45) is 7.95. The van der Waals surface area contributed by atoms with E-state index < -0.39 is 6.35 Å². The number of rotatable bonds is 5. The van der Waals surface area contributed by atoms with E-state index >= 15 is 0 Å². The van der Waals surface area contributed by atoms with Crippen LogP contribution in [0.3, 0.4) is 0 Å². The van der Waals surface area contributed by atoms with Gasteiger partial charge in [0.05, 0.1) is 6.54 Å². The van der Waals surface area contributed by atoms with Gasteiger partial charge >= 0.3 is 0 Å². The second-order valence-corrected chi connectivity index (χ2v) is 6.12. The maximum Gasteiger partial charge on any atom is 0.283 e. The predicted octanol–water partition coefficient (Wildman–Crippen LogP) is 3.15. The zero-order valence-corrected chi connectivity index (χ0v) is 13.4. The molecule has 0 atom stereocenters. The van der Waals surface area contributed by atoms with Crippen molar-refractivity contribution in [1.29, 1.82) is 0 Å². The quantitative estimate of drug-likeness (QED) is 0.609. The fourth-order valence-electron chi connectivity index (χ4n) is 3.59. The summed E-state index contributed by atoms with van der Waals surface area (Å²) in [7, 11) is 0. The molecule has 1 aliphatic heterocycles. The van der Waals surface area contributed by atoms with Crippen LogP contribution in [0.4, 0.5) is 0 Å². The molecule has 21 heavy (non-hydrogen) atoms. The molecule has 0 bridgehead atoms. The maximum atomic E-state index is 6.54. The van der Waals surface area contributed by atoms with Crippen LogP contribution in [-0.2, 0) is 6.54 Å². The number of benzene rings is 1. The first-order valence-corrected chi connectivity index (χ1v) is 8.33. The topological polar surface area (TPSA) is 18.0 Å². The molecule has 0 saturated carbocycles. The van der Waals surface area contributed by atoms with Gasteiger partial charge in [0.1, 0.15) is 23.9 Å². The molecular formula is C17H25BN2O. The van der Waals surface area contributed by atoms with Gasteiger partial charge in [0.15, 0.2) is 5.69 Å². The molecule has 0 spiro atoms. The lowest BCUT2D eigenvalue weighted by Crippen LogP contribution is -2.69. The molecule has 3 rings (SSSR count). The number of nitrogens with zero attached hydrogens (tertiary/aromatic N) is 2. The Morgan fingerprint density at radius 2 is 1.90 bits per heavy atom. The van der Waals surface area contributed by atoms with Crippen LogP contribution < -0.4 is 14.9 Å². The van der Waals surface area contributed by atoms with Crippen molar-refractivity contribution in [3.05, 3.63) is 36.7 Å². The van der Waals surface area contributed by atoms with Gasteiger partial charge in [-0.15, -0.1) is 12.6 Å². The van der Waals surface area contributed by atoms with E-state index in [-0.39, 0.29) is 0 Å². The minimum absolute atomic E-state index is 0.983. The second-order valence-electron chi connectivity index (χ2n) is 6.12. The van der Waals surface area contributed by atoms with Crippen molar-refractivity contribution in [2.24, 2.45) is 0 Å². The average molecular weight is 284 g/mol. The third-order valence-electron chi connectivity index (χ3n) is 4.96. The SMILES string of the molecule is CCCC[n+]1ccn2c1[B-](CC)(CC)Oc1ccccc1-2. The number of unbranched alkanes of at least 4 members (excludes halogenated alkanes) is 1.